The fourth-order valence-electron chi connectivity index (χ4n) is 2.99. The Morgan fingerprint density at radius 1 is 1.35 bits per heavy atom. The van der Waals surface area contributed by atoms with Gasteiger partial charge in [-0.05, 0) is 44.7 Å². The van der Waals surface area contributed by atoms with Crippen molar-refractivity contribution in [2.24, 2.45) is 0 Å². The lowest BCUT2D eigenvalue weighted by atomic mass is 9.97. The summed E-state index contributed by atoms with van der Waals surface area (Å²) >= 11 is 1.92. The number of aryl methyl sites for hydroxylation is 1. The summed E-state index contributed by atoms with van der Waals surface area (Å²) in [4.78, 5) is 7.26. The maximum Gasteiger partial charge on any atom is 0.0952 e. The number of imidazole rings is 1. The average Bonchev–Trinajstić information content (AvgIpc) is 3.08. The molecule has 0 radical (unpaired) electrons. The van der Waals surface area contributed by atoms with Crippen molar-refractivity contribution < 1.29 is 0 Å². The van der Waals surface area contributed by atoms with E-state index in [2.05, 4.69) is 40.8 Å². The molecule has 0 saturated carbocycles. The van der Waals surface area contributed by atoms with Crippen LogP contribution < -0.4 is 5.32 Å². The van der Waals surface area contributed by atoms with Gasteiger partial charge in [0, 0.05) is 28.0 Å². The van der Waals surface area contributed by atoms with Crippen molar-refractivity contribution in [1.82, 2.24) is 14.9 Å². The van der Waals surface area contributed by atoms with Crippen LogP contribution in [0.4, 0.5) is 0 Å². The third-order valence-corrected chi connectivity index (χ3v) is 5.32. The molecule has 0 amide bonds. The van der Waals surface area contributed by atoms with Crippen molar-refractivity contribution in [2.45, 2.75) is 58.2 Å². The third-order valence-electron chi connectivity index (χ3n) is 4.11. The number of nitrogens with one attached hydrogen (secondary N) is 1. The highest BCUT2D eigenvalue weighted by Crippen LogP contribution is 2.26. The SMILES string of the molecule is CCc1ccc(Cn2cncc2C2CCCC(C)N2)s1. The quantitative estimate of drug-likeness (QED) is 0.929. The second kappa shape index (κ2) is 6.10. The fourth-order valence-corrected chi connectivity index (χ4v) is 3.95. The standard InChI is InChI=1S/C16H23N3S/c1-3-13-7-8-14(20-13)10-19-11-17-9-16(19)15-6-4-5-12(2)18-15/h7-9,11-12,15,18H,3-6,10H2,1-2H3. The largest absolute Gasteiger partial charge is 0.328 e. The molecule has 3 nitrogen and oxygen atoms in total. The van der Waals surface area contributed by atoms with Crippen LogP contribution in [0.15, 0.2) is 24.7 Å². The lowest BCUT2D eigenvalue weighted by Gasteiger charge is -2.29. The summed E-state index contributed by atoms with van der Waals surface area (Å²) in [6, 6.07) is 5.58. The fraction of sp³-hybridized carbons (Fsp3) is 0.562. The molecule has 0 spiro atoms. The van der Waals surface area contributed by atoms with Gasteiger partial charge in [0.1, 0.15) is 0 Å². The summed E-state index contributed by atoms with van der Waals surface area (Å²) in [6.07, 6.45) is 8.95. The number of nitrogens with zero attached hydrogens (tertiary/aromatic N) is 2. The molecule has 1 saturated heterocycles. The molecule has 4 heteroatoms. The zero-order chi connectivity index (χ0) is 13.9. The predicted octanol–water partition coefficient (Wildman–Crippen LogP) is 3.76. The summed E-state index contributed by atoms with van der Waals surface area (Å²) < 4.78 is 2.31. The molecule has 1 N–H and O–H groups in total. The molecule has 20 heavy (non-hydrogen) atoms. The van der Waals surface area contributed by atoms with Crippen LogP contribution in [-0.4, -0.2) is 15.6 Å². The normalized spacial score (nSPS) is 23.1. The molecule has 1 aliphatic rings. The topological polar surface area (TPSA) is 29.9 Å². The van der Waals surface area contributed by atoms with Crippen molar-refractivity contribution in [3.63, 3.8) is 0 Å². The van der Waals surface area contributed by atoms with Gasteiger partial charge >= 0.3 is 0 Å². The molecule has 1 fully saturated rings. The van der Waals surface area contributed by atoms with Crippen LogP contribution in [0.2, 0.25) is 0 Å². The Morgan fingerprint density at radius 3 is 2.95 bits per heavy atom. The van der Waals surface area contributed by atoms with E-state index >= 15 is 0 Å². The molecule has 0 aliphatic carbocycles. The van der Waals surface area contributed by atoms with Gasteiger partial charge in [-0.25, -0.2) is 4.98 Å². The lowest BCUT2D eigenvalue weighted by Crippen LogP contribution is -2.35. The lowest BCUT2D eigenvalue weighted by molar-refractivity contribution is 0.330. The van der Waals surface area contributed by atoms with Crippen molar-refractivity contribution in [3.05, 3.63) is 40.1 Å². The van der Waals surface area contributed by atoms with E-state index in [9.17, 15) is 0 Å². The van der Waals surface area contributed by atoms with E-state index in [0.717, 1.165) is 13.0 Å². The zero-order valence-corrected chi connectivity index (χ0v) is 13.1. The first-order chi connectivity index (χ1) is 9.76. The number of rotatable bonds is 4. The van der Waals surface area contributed by atoms with Crippen molar-refractivity contribution in [3.8, 4) is 0 Å². The minimum absolute atomic E-state index is 0.465. The Balaban J connectivity index is 1.75. The van der Waals surface area contributed by atoms with E-state index in [1.165, 1.54) is 34.7 Å². The van der Waals surface area contributed by atoms with E-state index in [1.807, 2.05) is 23.9 Å². The monoisotopic (exact) mass is 289 g/mol. The molecular weight excluding hydrogens is 266 g/mol. The summed E-state index contributed by atoms with van der Waals surface area (Å²) in [7, 11) is 0. The van der Waals surface area contributed by atoms with Gasteiger partial charge in [0.25, 0.3) is 0 Å². The predicted molar refractivity (Wildman–Crippen MR) is 84.2 cm³/mol. The second-order valence-corrected chi connectivity index (χ2v) is 6.97. The second-order valence-electron chi connectivity index (χ2n) is 5.72. The number of thiophene rings is 1. The van der Waals surface area contributed by atoms with Crippen LogP contribution in [0, 0.1) is 0 Å². The van der Waals surface area contributed by atoms with Gasteiger partial charge in [0.05, 0.1) is 18.6 Å². The van der Waals surface area contributed by atoms with Crippen LogP contribution in [-0.2, 0) is 13.0 Å². The van der Waals surface area contributed by atoms with Crippen molar-refractivity contribution in [1.29, 1.82) is 0 Å². The number of piperidine rings is 1. The first-order valence-electron chi connectivity index (χ1n) is 7.60. The van der Waals surface area contributed by atoms with Crippen molar-refractivity contribution >= 4 is 11.3 Å². The maximum absolute atomic E-state index is 4.37. The number of hydrogen-bond donors (Lipinski definition) is 1. The molecule has 1 aliphatic heterocycles. The van der Waals surface area contributed by atoms with Gasteiger partial charge in [-0.3, -0.25) is 0 Å². The number of aromatic nitrogens is 2. The van der Waals surface area contributed by atoms with Gasteiger partial charge in [-0.15, -0.1) is 11.3 Å². The maximum atomic E-state index is 4.37. The molecule has 3 heterocycles. The zero-order valence-electron chi connectivity index (χ0n) is 12.3. The van der Waals surface area contributed by atoms with Crippen molar-refractivity contribution in [2.75, 3.05) is 0 Å². The van der Waals surface area contributed by atoms with Gasteiger partial charge in [-0.1, -0.05) is 6.92 Å². The molecule has 2 atom stereocenters. The summed E-state index contributed by atoms with van der Waals surface area (Å²) in [5.74, 6) is 0. The van der Waals surface area contributed by atoms with Gasteiger partial charge in [0.2, 0.25) is 0 Å². The molecule has 3 rings (SSSR count). The Bertz CT molecular complexity index is 558. The van der Waals surface area contributed by atoms with Crippen LogP contribution >= 0.6 is 11.3 Å². The molecule has 2 aromatic rings. The molecule has 0 aromatic carbocycles. The average molecular weight is 289 g/mol. The highest BCUT2D eigenvalue weighted by atomic mass is 32.1. The first kappa shape index (κ1) is 13.8. The van der Waals surface area contributed by atoms with Gasteiger partial charge < -0.3 is 9.88 Å². The van der Waals surface area contributed by atoms with Crippen LogP contribution in [0.5, 0.6) is 0 Å². The Kier molecular flexibility index (Phi) is 4.22. The summed E-state index contributed by atoms with van der Waals surface area (Å²) in [5.41, 5.74) is 1.34. The third kappa shape index (κ3) is 2.96. The number of hydrogen-bond acceptors (Lipinski definition) is 3. The van der Waals surface area contributed by atoms with E-state index in [0.29, 0.717) is 12.1 Å². The van der Waals surface area contributed by atoms with E-state index in [1.54, 1.807) is 0 Å². The van der Waals surface area contributed by atoms with E-state index in [-0.39, 0.29) is 0 Å². The Hall–Kier alpha value is -1.13. The highest BCUT2D eigenvalue weighted by Gasteiger charge is 2.22. The molecular formula is C16H23N3S. The first-order valence-corrected chi connectivity index (χ1v) is 8.41. The summed E-state index contributed by atoms with van der Waals surface area (Å²) in [6.45, 7) is 5.44. The summed E-state index contributed by atoms with van der Waals surface area (Å²) in [5, 5.41) is 3.70. The minimum Gasteiger partial charge on any atom is -0.328 e. The molecule has 2 aromatic heterocycles. The van der Waals surface area contributed by atoms with Crippen LogP contribution in [0.1, 0.15) is 54.6 Å². The van der Waals surface area contributed by atoms with E-state index in [4.69, 9.17) is 0 Å². The smallest absolute Gasteiger partial charge is 0.0952 e. The van der Waals surface area contributed by atoms with Crippen LogP contribution in [0.3, 0.4) is 0 Å². The van der Waals surface area contributed by atoms with Gasteiger partial charge in [-0.2, -0.15) is 0 Å². The Morgan fingerprint density at radius 2 is 2.20 bits per heavy atom. The molecule has 0 bridgehead atoms. The Labute approximate surface area is 125 Å². The van der Waals surface area contributed by atoms with Gasteiger partial charge in [0.15, 0.2) is 0 Å². The highest BCUT2D eigenvalue weighted by molar-refractivity contribution is 7.11. The van der Waals surface area contributed by atoms with E-state index < -0.39 is 0 Å². The van der Waals surface area contributed by atoms with Crippen LogP contribution in [0.25, 0.3) is 0 Å². The molecule has 108 valence electrons. The minimum atomic E-state index is 0.465. The molecule has 2 unspecified atom stereocenters.